The van der Waals surface area contributed by atoms with Crippen molar-refractivity contribution in [1.82, 2.24) is 29.9 Å². The fraction of sp³-hybridized carbons (Fsp3) is 0.00971. The number of thiophene rings is 2. The summed E-state index contributed by atoms with van der Waals surface area (Å²) in [6.45, 7) is 0. The van der Waals surface area contributed by atoms with Crippen LogP contribution in [0.2, 0.25) is 5.15 Å². The van der Waals surface area contributed by atoms with Crippen LogP contribution in [0.4, 0.5) is 4.39 Å². The summed E-state index contributed by atoms with van der Waals surface area (Å²) < 4.78 is 54.1. The van der Waals surface area contributed by atoms with Gasteiger partial charge in [0.25, 0.3) is 5.56 Å². The van der Waals surface area contributed by atoms with Gasteiger partial charge in [-0.1, -0.05) is 297 Å². The van der Waals surface area contributed by atoms with Gasteiger partial charge in [-0.3, -0.25) is 13.8 Å². The second kappa shape index (κ2) is 33.9. The molecule has 2 N–H and O–H groups in total. The van der Waals surface area contributed by atoms with Gasteiger partial charge < -0.3 is 27.9 Å². The molecule has 0 saturated carbocycles. The number of benzene rings is 17. The third kappa shape index (κ3) is 14.8. The van der Waals surface area contributed by atoms with E-state index in [1.165, 1.54) is 91.4 Å². The number of halogens is 5. The lowest BCUT2D eigenvalue weighted by atomic mass is 9.96. The topological polar surface area (TPSA) is 183 Å². The summed E-state index contributed by atoms with van der Waals surface area (Å²) in [4.78, 5) is 36.9. The van der Waals surface area contributed by atoms with Gasteiger partial charge in [0.2, 0.25) is 5.58 Å². The first-order valence-corrected chi connectivity index (χ1v) is 45.9. The summed E-state index contributed by atoms with van der Waals surface area (Å²) >= 11 is 23.7. The maximum absolute atomic E-state index is 12.0. The zero-order valence-corrected chi connectivity index (χ0v) is 71.0. The van der Waals surface area contributed by atoms with E-state index < -0.39 is 12.4 Å². The number of nitrogens with zero attached hydrogens (tertiary/aromatic N) is 5. The molecule has 1 radical (unpaired) electrons. The van der Waals surface area contributed by atoms with Gasteiger partial charge in [-0.2, -0.15) is 0 Å². The maximum atomic E-state index is 12.0. The van der Waals surface area contributed by atoms with Crippen LogP contribution in [0.3, 0.4) is 0 Å². The van der Waals surface area contributed by atoms with E-state index in [1.807, 2.05) is 108 Å². The molecule has 8 aromatic heterocycles. The Hall–Kier alpha value is -13.7. The molecular formula is C103H62BCl4FN6O7PS2. The predicted molar refractivity (Wildman–Crippen MR) is 521 cm³/mol. The third-order valence-electron chi connectivity index (χ3n) is 22.3. The molecule has 0 aliphatic carbocycles. The average molecular weight is 1760 g/mol. The van der Waals surface area contributed by atoms with Crippen molar-refractivity contribution in [2.45, 2.75) is 0 Å². The van der Waals surface area contributed by atoms with Crippen molar-refractivity contribution in [3.8, 4) is 61.5 Å². The molecule has 601 valence electrons. The number of fused-ring (bicyclic) bond motifs is 30. The highest BCUT2D eigenvalue weighted by Crippen LogP contribution is 2.61. The lowest BCUT2D eigenvalue weighted by Crippen LogP contribution is -2.03. The Morgan fingerprint density at radius 3 is 1.16 bits per heavy atom. The molecule has 17 aromatic carbocycles. The van der Waals surface area contributed by atoms with Crippen molar-refractivity contribution in [2.75, 3.05) is 7.15 Å². The summed E-state index contributed by atoms with van der Waals surface area (Å²) in [7, 11) is -0.294. The zero-order valence-electron chi connectivity index (χ0n) is 66.5. The molecule has 25 aromatic rings. The largest absolute Gasteiger partial charge is 0.569 e. The van der Waals surface area contributed by atoms with Crippen molar-refractivity contribution in [3.05, 3.63) is 362 Å². The Morgan fingerprint density at radius 1 is 0.376 bits per heavy atom. The lowest BCUT2D eigenvalue weighted by molar-refractivity contribution is 0.454. The van der Waals surface area contributed by atoms with Crippen molar-refractivity contribution < 1.29 is 33.3 Å². The molecule has 0 atom stereocenters. The van der Waals surface area contributed by atoms with Crippen molar-refractivity contribution in [1.29, 1.82) is 0 Å². The van der Waals surface area contributed by atoms with Crippen LogP contribution in [0.15, 0.2) is 365 Å². The number of H-pyrrole nitrogens is 1. The minimum atomic E-state index is -3.22. The first kappa shape index (κ1) is 78.6. The zero-order chi connectivity index (χ0) is 85.7. The van der Waals surface area contributed by atoms with E-state index in [1.54, 1.807) is 6.33 Å². The van der Waals surface area contributed by atoms with E-state index in [9.17, 15) is 13.8 Å². The van der Waals surface area contributed by atoms with Crippen LogP contribution in [-0.4, -0.2) is 49.8 Å². The highest BCUT2D eigenvalue weighted by atomic mass is 36.0. The second-order valence-corrected chi connectivity index (χ2v) is 38.4. The van der Waals surface area contributed by atoms with E-state index in [2.05, 4.69) is 296 Å². The number of alkyl halides is 1. The van der Waals surface area contributed by atoms with Crippen LogP contribution in [0.25, 0.3) is 227 Å². The van der Waals surface area contributed by atoms with Crippen LogP contribution < -0.4 is 10.2 Å². The summed E-state index contributed by atoms with van der Waals surface area (Å²) in [5.41, 5.74) is 17.0. The molecule has 13 nitrogen and oxygen atoms in total. The molecule has 22 heteroatoms. The maximum Gasteiger partial charge on any atom is 0.569 e. The molecule has 8 heterocycles. The normalized spacial score (nSPS) is 11.6. The number of hydrogen-bond donors (Lipinski definition) is 2. The summed E-state index contributed by atoms with van der Waals surface area (Å²) in [5.74, 6) is 0.608. The van der Waals surface area contributed by atoms with Crippen LogP contribution in [-0.2, 0) is 4.57 Å². The molecule has 0 unspecified atom stereocenters. The van der Waals surface area contributed by atoms with Gasteiger partial charge >= 0.3 is 12.9 Å². The smallest absolute Gasteiger partial charge is 0.537 e. The molecule has 0 aliphatic heterocycles. The van der Waals surface area contributed by atoms with Gasteiger partial charge in [0.1, 0.15) is 57.4 Å². The van der Waals surface area contributed by atoms with Gasteiger partial charge in [0.15, 0.2) is 16.3 Å². The molecular weight excluding hydrogens is 1700 g/mol. The quantitative estimate of drug-likeness (QED) is 0.0667. The van der Waals surface area contributed by atoms with Crippen molar-refractivity contribution in [3.63, 3.8) is 0 Å². The highest BCUT2D eigenvalue weighted by Gasteiger charge is 2.24. The number of aromatic amines is 1. The first-order valence-electron chi connectivity index (χ1n) is 40.1. The minimum Gasteiger partial charge on any atom is -0.537 e. The highest BCUT2D eigenvalue weighted by molar-refractivity contribution is 8.24. The van der Waals surface area contributed by atoms with E-state index in [-0.39, 0.29) is 11.1 Å². The van der Waals surface area contributed by atoms with E-state index in [0.29, 0.717) is 40.9 Å². The van der Waals surface area contributed by atoms with Crippen LogP contribution in [0.5, 0.6) is 5.75 Å². The van der Waals surface area contributed by atoms with Gasteiger partial charge in [-0.15, -0.1) is 22.7 Å². The SMILES string of the molecule is Clc1ncnc2c1oc1c3ccccc3c3ccccc3c21.O=P(Cl)(Cl)Cl.O=c1[nH]cnc2c1oc1c3ccccc3c3ccccc3c21.O[B]Oc1cccc(-c2cccc(-c3cccc4c3sc3ccccc34)c2)c1.[2H]CF.c1cc(-c2cccc(-c3cccc4c3sc3ccccc34)c2)cc(-c2ncnc3c2oc2c4ccccc4c4ccccc4c32)c1. The first-order chi connectivity index (χ1) is 61.7. The minimum absolute atomic E-state index is 0.255. The van der Waals surface area contributed by atoms with E-state index in [4.69, 9.17) is 45.9 Å². The number of rotatable bonds is 7. The molecule has 25 rings (SSSR count). The van der Waals surface area contributed by atoms with Crippen molar-refractivity contribution >= 4 is 252 Å². The van der Waals surface area contributed by atoms with Gasteiger partial charge in [-0.05, 0) is 169 Å². The standard InChI is InChI=1S/C42H24N2OS.C24H16BO2S.C18H9ClN2O.C18H10N2O2.CH3F.Cl3OP/c1-3-17-33-30(14-1)31-15-2-4-18-34(31)40-37(33)39-41(45-40)38(43-24-44-39)28-13-8-11-26(23-28)25-10-7-12-27(22-25)29-19-9-20-35-32-16-5-6-21-36(32)46-42(29)35;26-25-27-19-9-4-7-17(15-19)16-6-3-8-18(14-16)20-11-5-12-22-21-10-1-2-13-23(21)28-24(20)22;19-18-17-15(20-9-21-18)14-12-7-3-1-5-10(12)11-6-2-4-8-13(11)16(14)22-17;21-18-17-15(19-9-20-18)14-12-7-3-1-5-10(12)11-6-2-4-8-13(11)16(14)22-17;1-2;1-5(2,3)4/h1-24H;1-15,26H;1-9H;1-9H,(H,19,20,21);1H3;/i;;;;1D;. The van der Waals surface area contributed by atoms with Crippen LogP contribution >= 0.6 is 73.2 Å². The Balaban J connectivity index is 0.000000108. The van der Waals surface area contributed by atoms with E-state index >= 15 is 0 Å². The summed E-state index contributed by atoms with van der Waals surface area (Å²) in [5, 5.41) is 27.6. The Bertz CT molecular complexity index is 8720. The van der Waals surface area contributed by atoms with Crippen molar-refractivity contribution in [2.24, 2.45) is 0 Å². The molecule has 0 bridgehead atoms. The monoisotopic (exact) mass is 1760 g/mol. The number of furan rings is 3. The van der Waals surface area contributed by atoms with Crippen LogP contribution in [0, 0.1) is 0 Å². The Kier molecular flexibility index (Phi) is 21.3. The Morgan fingerprint density at radius 2 is 0.704 bits per heavy atom. The Labute approximate surface area is 740 Å². The average Bonchev–Trinajstić information content (AvgIpc) is 1.56. The lowest BCUT2D eigenvalue weighted by Gasteiger charge is -2.09. The van der Waals surface area contributed by atoms with Gasteiger partial charge in [0, 0.05) is 62.1 Å². The molecule has 125 heavy (non-hydrogen) atoms. The molecule has 0 spiro atoms. The fourth-order valence-corrected chi connectivity index (χ4v) is 19.8. The van der Waals surface area contributed by atoms with Gasteiger partial charge in [-0.25, -0.2) is 24.9 Å². The second-order valence-electron chi connectivity index (χ2n) is 29.3. The number of hydrogen-bond acceptors (Lipinski definition) is 14. The fourth-order valence-electron chi connectivity index (χ4n) is 17.1. The third-order valence-corrected chi connectivity index (χ3v) is 25.0. The van der Waals surface area contributed by atoms with E-state index in [0.717, 1.165) is 120 Å². The number of aromatic nitrogens is 6. The van der Waals surface area contributed by atoms with Gasteiger partial charge in [0.05, 0.1) is 31.0 Å². The number of nitrogens with one attached hydrogen (secondary N) is 1. The molecule has 0 aliphatic rings. The predicted octanol–water partition coefficient (Wildman–Crippen LogP) is 31.1. The molecule has 0 saturated heterocycles. The van der Waals surface area contributed by atoms with Crippen LogP contribution in [0.1, 0.15) is 1.37 Å². The summed E-state index contributed by atoms with van der Waals surface area (Å²) in [6.07, 6.45) is 4.56. The molecule has 0 fully saturated rings. The molecule has 0 amide bonds. The summed E-state index contributed by atoms with van der Waals surface area (Å²) in [6, 6.07) is 114.